The van der Waals surface area contributed by atoms with Crippen LogP contribution in [0.2, 0.25) is 0 Å². The standard InChI is InChI=1S/C13H23N3O2/c1-5-10(6-2)12(17)14-9-13(3,18)11-7-15-16(4)8-11/h7-8,10,18H,5-6,9H2,1-4H3,(H,14,17)/t13-/m1/s1. The molecular formula is C13H23N3O2. The molecule has 1 aromatic heterocycles. The largest absolute Gasteiger partial charge is 0.383 e. The molecule has 102 valence electrons. The van der Waals surface area contributed by atoms with E-state index in [9.17, 15) is 9.90 Å². The molecule has 0 radical (unpaired) electrons. The van der Waals surface area contributed by atoms with Crippen molar-refractivity contribution in [3.05, 3.63) is 18.0 Å². The Morgan fingerprint density at radius 2 is 2.17 bits per heavy atom. The summed E-state index contributed by atoms with van der Waals surface area (Å²) in [6.07, 6.45) is 5.00. The molecule has 0 saturated heterocycles. The van der Waals surface area contributed by atoms with Crippen LogP contribution in [0.1, 0.15) is 39.2 Å². The lowest BCUT2D eigenvalue weighted by Crippen LogP contribution is -2.40. The van der Waals surface area contributed by atoms with Gasteiger partial charge in [0, 0.05) is 24.7 Å². The fourth-order valence-corrected chi connectivity index (χ4v) is 1.86. The minimum Gasteiger partial charge on any atom is -0.383 e. The van der Waals surface area contributed by atoms with Crippen LogP contribution in [-0.2, 0) is 17.4 Å². The average Bonchev–Trinajstić information content (AvgIpc) is 2.76. The quantitative estimate of drug-likeness (QED) is 0.800. The van der Waals surface area contributed by atoms with Crippen LogP contribution < -0.4 is 5.32 Å². The second kappa shape index (κ2) is 6.00. The van der Waals surface area contributed by atoms with Crippen molar-refractivity contribution in [2.45, 2.75) is 39.2 Å². The van der Waals surface area contributed by atoms with Gasteiger partial charge >= 0.3 is 0 Å². The summed E-state index contributed by atoms with van der Waals surface area (Å²) in [5, 5.41) is 17.1. The highest BCUT2D eigenvalue weighted by Gasteiger charge is 2.26. The molecule has 5 heteroatoms. The van der Waals surface area contributed by atoms with Crippen molar-refractivity contribution in [1.82, 2.24) is 15.1 Å². The van der Waals surface area contributed by atoms with Crippen molar-refractivity contribution in [1.29, 1.82) is 0 Å². The number of aromatic nitrogens is 2. The third kappa shape index (κ3) is 3.57. The fraction of sp³-hybridized carbons (Fsp3) is 0.692. The minimum absolute atomic E-state index is 0.00386. The fourth-order valence-electron chi connectivity index (χ4n) is 1.86. The van der Waals surface area contributed by atoms with E-state index in [2.05, 4.69) is 10.4 Å². The first kappa shape index (κ1) is 14.7. The summed E-state index contributed by atoms with van der Waals surface area (Å²) in [4.78, 5) is 11.8. The van der Waals surface area contributed by atoms with Crippen molar-refractivity contribution in [2.24, 2.45) is 13.0 Å². The molecule has 0 aliphatic heterocycles. The highest BCUT2D eigenvalue weighted by molar-refractivity contribution is 5.78. The lowest BCUT2D eigenvalue weighted by Gasteiger charge is -2.23. The molecule has 0 bridgehead atoms. The number of carbonyl (C=O) groups is 1. The van der Waals surface area contributed by atoms with Gasteiger partial charge in [0.2, 0.25) is 5.91 Å². The zero-order valence-corrected chi connectivity index (χ0v) is 11.6. The zero-order valence-electron chi connectivity index (χ0n) is 11.6. The summed E-state index contributed by atoms with van der Waals surface area (Å²) in [5.41, 5.74) is -0.384. The Labute approximate surface area is 108 Å². The molecule has 1 atom stereocenters. The van der Waals surface area contributed by atoms with E-state index < -0.39 is 5.60 Å². The lowest BCUT2D eigenvalue weighted by atomic mass is 9.98. The number of rotatable bonds is 6. The van der Waals surface area contributed by atoms with Crippen LogP contribution in [0.25, 0.3) is 0 Å². The van der Waals surface area contributed by atoms with Crippen molar-refractivity contribution in [3.8, 4) is 0 Å². The van der Waals surface area contributed by atoms with E-state index in [1.807, 2.05) is 13.8 Å². The average molecular weight is 253 g/mol. The summed E-state index contributed by atoms with van der Waals surface area (Å²) in [5.74, 6) is 0.0267. The van der Waals surface area contributed by atoms with Gasteiger partial charge in [0.15, 0.2) is 0 Å². The Morgan fingerprint density at radius 1 is 1.56 bits per heavy atom. The summed E-state index contributed by atoms with van der Waals surface area (Å²) in [7, 11) is 1.79. The SMILES string of the molecule is CCC(CC)C(=O)NC[C@@](C)(O)c1cnn(C)c1. The van der Waals surface area contributed by atoms with Crippen LogP contribution in [0, 0.1) is 5.92 Å². The molecule has 1 rings (SSSR count). The summed E-state index contributed by atoms with van der Waals surface area (Å²) >= 11 is 0. The Hall–Kier alpha value is -1.36. The number of aliphatic hydroxyl groups is 1. The molecule has 0 saturated carbocycles. The smallest absolute Gasteiger partial charge is 0.223 e. The molecule has 5 nitrogen and oxygen atoms in total. The number of hydrogen-bond acceptors (Lipinski definition) is 3. The molecule has 0 aliphatic rings. The summed E-state index contributed by atoms with van der Waals surface area (Å²) in [6.45, 7) is 5.87. The molecule has 0 fully saturated rings. The Bertz CT molecular complexity index is 395. The van der Waals surface area contributed by atoms with Crippen LogP contribution in [0.15, 0.2) is 12.4 Å². The van der Waals surface area contributed by atoms with Gasteiger partial charge in [-0.25, -0.2) is 0 Å². The number of amides is 1. The molecule has 0 aliphatic carbocycles. The van der Waals surface area contributed by atoms with Crippen molar-refractivity contribution in [3.63, 3.8) is 0 Å². The van der Waals surface area contributed by atoms with Crippen LogP contribution in [-0.4, -0.2) is 27.3 Å². The van der Waals surface area contributed by atoms with Crippen LogP contribution in [0.3, 0.4) is 0 Å². The van der Waals surface area contributed by atoms with Crippen molar-refractivity contribution < 1.29 is 9.90 Å². The molecule has 1 heterocycles. The normalized spacial score (nSPS) is 14.6. The lowest BCUT2D eigenvalue weighted by molar-refractivity contribution is -0.126. The molecular weight excluding hydrogens is 230 g/mol. The third-order valence-corrected chi connectivity index (χ3v) is 3.29. The maximum atomic E-state index is 11.8. The van der Waals surface area contributed by atoms with E-state index in [-0.39, 0.29) is 18.4 Å². The number of carbonyl (C=O) groups excluding carboxylic acids is 1. The van der Waals surface area contributed by atoms with Gasteiger partial charge in [-0.3, -0.25) is 9.48 Å². The monoisotopic (exact) mass is 253 g/mol. The second-order valence-corrected chi connectivity index (χ2v) is 4.91. The Kier molecular flexibility index (Phi) is 4.90. The van der Waals surface area contributed by atoms with Gasteiger partial charge in [-0.2, -0.15) is 5.10 Å². The summed E-state index contributed by atoms with van der Waals surface area (Å²) in [6, 6.07) is 0. The number of nitrogens with one attached hydrogen (secondary N) is 1. The topological polar surface area (TPSA) is 67.2 Å². The molecule has 0 spiro atoms. The Balaban J connectivity index is 2.59. The molecule has 1 amide bonds. The van der Waals surface area contributed by atoms with E-state index in [1.165, 1.54) is 0 Å². The predicted octanol–water partition coefficient (Wildman–Crippen LogP) is 1.18. The van der Waals surface area contributed by atoms with Crippen LogP contribution >= 0.6 is 0 Å². The van der Waals surface area contributed by atoms with E-state index in [1.54, 1.807) is 31.0 Å². The second-order valence-electron chi connectivity index (χ2n) is 4.91. The first-order valence-electron chi connectivity index (χ1n) is 6.40. The first-order valence-corrected chi connectivity index (χ1v) is 6.40. The van der Waals surface area contributed by atoms with E-state index in [0.29, 0.717) is 5.56 Å². The van der Waals surface area contributed by atoms with Crippen LogP contribution in [0.5, 0.6) is 0 Å². The van der Waals surface area contributed by atoms with Gasteiger partial charge in [0.25, 0.3) is 0 Å². The minimum atomic E-state index is -1.09. The van der Waals surface area contributed by atoms with Crippen LogP contribution in [0.4, 0.5) is 0 Å². The predicted molar refractivity (Wildman–Crippen MR) is 69.9 cm³/mol. The van der Waals surface area contributed by atoms with E-state index in [4.69, 9.17) is 0 Å². The van der Waals surface area contributed by atoms with Gasteiger partial charge < -0.3 is 10.4 Å². The maximum absolute atomic E-state index is 11.8. The van der Waals surface area contributed by atoms with Gasteiger partial charge in [-0.1, -0.05) is 13.8 Å². The maximum Gasteiger partial charge on any atom is 0.223 e. The van der Waals surface area contributed by atoms with Crippen molar-refractivity contribution in [2.75, 3.05) is 6.54 Å². The van der Waals surface area contributed by atoms with Gasteiger partial charge in [0.1, 0.15) is 5.60 Å². The molecule has 0 unspecified atom stereocenters. The zero-order chi connectivity index (χ0) is 13.8. The molecule has 18 heavy (non-hydrogen) atoms. The molecule has 1 aromatic rings. The molecule has 2 N–H and O–H groups in total. The van der Waals surface area contributed by atoms with Gasteiger partial charge in [-0.05, 0) is 19.8 Å². The summed E-state index contributed by atoms with van der Waals surface area (Å²) < 4.78 is 1.63. The van der Waals surface area contributed by atoms with Gasteiger partial charge in [-0.15, -0.1) is 0 Å². The van der Waals surface area contributed by atoms with E-state index >= 15 is 0 Å². The number of nitrogens with zero attached hydrogens (tertiary/aromatic N) is 2. The Morgan fingerprint density at radius 3 is 2.61 bits per heavy atom. The van der Waals surface area contributed by atoms with E-state index in [0.717, 1.165) is 12.8 Å². The number of aryl methyl sites for hydroxylation is 1. The molecule has 0 aromatic carbocycles. The third-order valence-electron chi connectivity index (χ3n) is 3.29. The number of hydrogen-bond donors (Lipinski definition) is 2. The highest BCUT2D eigenvalue weighted by atomic mass is 16.3. The highest BCUT2D eigenvalue weighted by Crippen LogP contribution is 2.19. The van der Waals surface area contributed by atoms with Gasteiger partial charge in [0.05, 0.1) is 12.7 Å². The van der Waals surface area contributed by atoms with Crippen molar-refractivity contribution >= 4 is 5.91 Å². The first-order chi connectivity index (χ1) is 8.40.